The molecule has 154 valence electrons. The summed E-state index contributed by atoms with van der Waals surface area (Å²) in [7, 11) is -1.68. The van der Waals surface area contributed by atoms with Crippen LogP contribution in [0, 0.1) is 17.2 Å². The number of hydrogen-bond acceptors (Lipinski definition) is 4. The summed E-state index contributed by atoms with van der Waals surface area (Å²) in [6.07, 6.45) is 2.88. The number of hydrogen-bond donors (Lipinski definition) is 1. The van der Waals surface area contributed by atoms with E-state index in [2.05, 4.69) is 5.32 Å². The number of benzene rings is 2. The highest BCUT2D eigenvalue weighted by atomic mass is 32.2. The first-order valence-electron chi connectivity index (χ1n) is 9.75. The Kier molecular flexibility index (Phi) is 5.33. The molecule has 0 saturated carbocycles. The molecule has 2 aromatic carbocycles. The summed E-state index contributed by atoms with van der Waals surface area (Å²) in [6, 6.07) is 15.6. The lowest BCUT2D eigenvalue weighted by molar-refractivity contribution is -0.120. The van der Waals surface area contributed by atoms with E-state index in [1.807, 2.05) is 48.1 Å². The van der Waals surface area contributed by atoms with Gasteiger partial charge in [0.1, 0.15) is 0 Å². The third-order valence-corrected chi connectivity index (χ3v) is 7.54. The molecular formula is C22H22N4O3S. The van der Waals surface area contributed by atoms with Crippen LogP contribution in [0.4, 0.5) is 5.69 Å². The van der Waals surface area contributed by atoms with Gasteiger partial charge in [-0.1, -0.05) is 6.07 Å². The maximum atomic E-state index is 12.8. The first kappa shape index (κ1) is 20.1. The lowest BCUT2D eigenvalue weighted by atomic mass is 9.97. The van der Waals surface area contributed by atoms with Gasteiger partial charge in [0.05, 0.1) is 22.2 Å². The maximum absolute atomic E-state index is 12.8. The zero-order chi connectivity index (χ0) is 21.3. The van der Waals surface area contributed by atoms with Gasteiger partial charge in [-0.15, -0.1) is 0 Å². The van der Waals surface area contributed by atoms with Crippen LogP contribution in [-0.2, 0) is 21.9 Å². The van der Waals surface area contributed by atoms with Crippen LogP contribution < -0.4 is 5.32 Å². The van der Waals surface area contributed by atoms with Gasteiger partial charge in [0, 0.05) is 43.2 Å². The highest BCUT2D eigenvalue weighted by Gasteiger charge is 2.32. The molecule has 1 aliphatic heterocycles. The largest absolute Gasteiger partial charge is 0.350 e. The minimum Gasteiger partial charge on any atom is -0.350 e. The van der Waals surface area contributed by atoms with Gasteiger partial charge < -0.3 is 9.88 Å². The quantitative estimate of drug-likeness (QED) is 0.699. The smallest absolute Gasteiger partial charge is 0.243 e. The van der Waals surface area contributed by atoms with E-state index in [4.69, 9.17) is 5.26 Å². The summed E-state index contributed by atoms with van der Waals surface area (Å²) in [4.78, 5) is 13.0. The molecule has 1 fully saturated rings. The number of carbonyl (C=O) groups is 1. The second-order valence-corrected chi connectivity index (χ2v) is 9.41. The molecule has 4 rings (SSSR count). The number of carbonyl (C=O) groups excluding carboxylic acids is 1. The van der Waals surface area contributed by atoms with Gasteiger partial charge in [-0.3, -0.25) is 4.79 Å². The summed E-state index contributed by atoms with van der Waals surface area (Å²) in [5, 5.41) is 12.9. The fraction of sp³-hybridized carbons (Fsp3) is 0.273. The fourth-order valence-electron chi connectivity index (χ4n) is 3.86. The SMILES string of the molecule is Cn1ccc2c(NC(=O)C3CCN(S(=O)(=O)c4ccc(C#N)cc4)CC3)cccc21. The van der Waals surface area contributed by atoms with E-state index >= 15 is 0 Å². The number of nitrogens with one attached hydrogen (secondary N) is 1. The molecule has 1 aromatic heterocycles. The number of fused-ring (bicyclic) bond motifs is 1. The van der Waals surface area contributed by atoms with E-state index in [9.17, 15) is 13.2 Å². The molecule has 8 heteroatoms. The first-order chi connectivity index (χ1) is 14.4. The van der Waals surface area contributed by atoms with Crippen LogP contribution >= 0.6 is 0 Å². The van der Waals surface area contributed by atoms with E-state index in [0.717, 1.165) is 16.6 Å². The lowest BCUT2D eigenvalue weighted by Gasteiger charge is -2.30. The van der Waals surface area contributed by atoms with Crippen LogP contribution in [0.1, 0.15) is 18.4 Å². The fourth-order valence-corrected chi connectivity index (χ4v) is 5.32. The molecule has 3 aromatic rings. The van der Waals surface area contributed by atoms with E-state index < -0.39 is 10.0 Å². The van der Waals surface area contributed by atoms with Gasteiger partial charge in [0.15, 0.2) is 0 Å². The van der Waals surface area contributed by atoms with Crippen LogP contribution in [0.15, 0.2) is 59.6 Å². The number of piperidine rings is 1. The molecule has 7 nitrogen and oxygen atoms in total. The third-order valence-electron chi connectivity index (χ3n) is 5.63. The topological polar surface area (TPSA) is 95.2 Å². The highest BCUT2D eigenvalue weighted by molar-refractivity contribution is 7.89. The van der Waals surface area contributed by atoms with Crippen molar-refractivity contribution in [1.82, 2.24) is 8.87 Å². The van der Waals surface area contributed by atoms with Crippen LogP contribution in [0.5, 0.6) is 0 Å². The maximum Gasteiger partial charge on any atom is 0.243 e. The van der Waals surface area contributed by atoms with Crippen LogP contribution in [-0.4, -0.2) is 36.3 Å². The molecule has 0 spiro atoms. The third kappa shape index (κ3) is 3.70. The predicted octanol–water partition coefficient (Wildman–Crippen LogP) is 3.09. The predicted molar refractivity (Wildman–Crippen MR) is 114 cm³/mol. The number of nitriles is 1. The van der Waals surface area contributed by atoms with Crippen molar-refractivity contribution in [2.24, 2.45) is 13.0 Å². The Bertz CT molecular complexity index is 1230. The van der Waals surface area contributed by atoms with Crippen molar-refractivity contribution in [3.63, 3.8) is 0 Å². The Labute approximate surface area is 175 Å². The van der Waals surface area contributed by atoms with Gasteiger partial charge >= 0.3 is 0 Å². The average molecular weight is 423 g/mol. The van der Waals surface area contributed by atoms with Crippen LogP contribution in [0.2, 0.25) is 0 Å². The van der Waals surface area contributed by atoms with Gasteiger partial charge in [-0.05, 0) is 55.3 Å². The molecule has 1 saturated heterocycles. The Morgan fingerprint density at radius 1 is 1.10 bits per heavy atom. The van der Waals surface area contributed by atoms with Gasteiger partial charge in [-0.25, -0.2) is 8.42 Å². The molecular weight excluding hydrogens is 400 g/mol. The monoisotopic (exact) mass is 422 g/mol. The van der Waals surface area contributed by atoms with E-state index in [-0.39, 0.29) is 29.8 Å². The second kappa shape index (κ2) is 7.94. The Morgan fingerprint density at radius 3 is 2.47 bits per heavy atom. The molecule has 0 unspecified atom stereocenters. The van der Waals surface area contributed by atoms with Crippen molar-refractivity contribution in [3.05, 3.63) is 60.3 Å². The molecule has 0 atom stereocenters. The highest BCUT2D eigenvalue weighted by Crippen LogP contribution is 2.28. The molecule has 0 aliphatic carbocycles. The number of sulfonamides is 1. The van der Waals surface area contributed by atoms with Crippen molar-refractivity contribution in [2.45, 2.75) is 17.7 Å². The zero-order valence-electron chi connectivity index (χ0n) is 16.6. The van der Waals surface area contributed by atoms with Gasteiger partial charge in [0.25, 0.3) is 0 Å². The normalized spacial score (nSPS) is 15.7. The number of aryl methyl sites for hydroxylation is 1. The molecule has 30 heavy (non-hydrogen) atoms. The Morgan fingerprint density at radius 2 is 1.80 bits per heavy atom. The summed E-state index contributed by atoms with van der Waals surface area (Å²) in [5.41, 5.74) is 2.22. The minimum atomic E-state index is -3.63. The van der Waals surface area contributed by atoms with Crippen LogP contribution in [0.3, 0.4) is 0 Å². The summed E-state index contributed by atoms with van der Waals surface area (Å²) < 4.78 is 29.1. The average Bonchev–Trinajstić information content (AvgIpc) is 3.16. The van der Waals surface area contributed by atoms with Crippen LogP contribution in [0.25, 0.3) is 10.9 Å². The number of anilines is 1. The number of nitrogens with zero attached hydrogens (tertiary/aromatic N) is 3. The molecule has 1 aliphatic rings. The first-order valence-corrected chi connectivity index (χ1v) is 11.2. The molecule has 1 amide bonds. The molecule has 0 radical (unpaired) electrons. The van der Waals surface area contributed by atoms with E-state index in [1.165, 1.54) is 28.6 Å². The van der Waals surface area contributed by atoms with Crippen molar-refractivity contribution >= 4 is 32.5 Å². The summed E-state index contributed by atoms with van der Waals surface area (Å²) >= 11 is 0. The van der Waals surface area contributed by atoms with Gasteiger partial charge in [-0.2, -0.15) is 9.57 Å². The zero-order valence-corrected chi connectivity index (χ0v) is 17.4. The van der Waals surface area contributed by atoms with Crippen molar-refractivity contribution in [3.8, 4) is 6.07 Å². The van der Waals surface area contributed by atoms with Gasteiger partial charge in [0.2, 0.25) is 15.9 Å². The van der Waals surface area contributed by atoms with E-state index in [0.29, 0.717) is 18.4 Å². The van der Waals surface area contributed by atoms with Crippen molar-refractivity contribution in [1.29, 1.82) is 5.26 Å². The number of rotatable bonds is 4. The number of amides is 1. The molecule has 2 heterocycles. The summed E-state index contributed by atoms with van der Waals surface area (Å²) in [5.74, 6) is -0.321. The number of aromatic nitrogens is 1. The Hall–Kier alpha value is -3.15. The van der Waals surface area contributed by atoms with Crippen molar-refractivity contribution in [2.75, 3.05) is 18.4 Å². The molecule has 1 N–H and O–H groups in total. The van der Waals surface area contributed by atoms with E-state index in [1.54, 1.807) is 0 Å². The second-order valence-electron chi connectivity index (χ2n) is 7.47. The standard InChI is InChI=1S/C22H22N4O3S/c1-25-12-11-19-20(3-2-4-21(19)25)24-22(27)17-9-13-26(14-10-17)30(28,29)18-7-5-16(15-23)6-8-18/h2-8,11-12,17H,9-10,13-14H2,1H3,(H,24,27). The summed E-state index contributed by atoms with van der Waals surface area (Å²) in [6.45, 7) is 0.575. The van der Waals surface area contributed by atoms with Crippen molar-refractivity contribution < 1.29 is 13.2 Å². The minimum absolute atomic E-state index is 0.0817. The lowest BCUT2D eigenvalue weighted by Crippen LogP contribution is -2.41. The molecule has 0 bridgehead atoms. The Balaban J connectivity index is 1.42.